The lowest BCUT2D eigenvalue weighted by atomic mass is 10.3. The monoisotopic (exact) mass is 184 g/mol. The highest BCUT2D eigenvalue weighted by atomic mass is 16.5. The quantitative estimate of drug-likeness (QED) is 0.670. The van der Waals surface area contributed by atoms with E-state index in [1.807, 2.05) is 13.1 Å². The van der Waals surface area contributed by atoms with E-state index in [2.05, 4.69) is 10.3 Å². The second-order valence-corrected chi connectivity index (χ2v) is 3.04. The van der Waals surface area contributed by atoms with Crippen LogP contribution in [0.4, 0.5) is 0 Å². The average Bonchev–Trinajstić information content (AvgIpc) is 2.53. The Balaban J connectivity index is 2.40. The predicted octanol–water partition coefficient (Wildman–Crippen LogP) is 0.334. The molecule has 0 spiro atoms. The van der Waals surface area contributed by atoms with Crippen LogP contribution in [0.1, 0.15) is 25.1 Å². The van der Waals surface area contributed by atoms with Crippen molar-refractivity contribution in [1.82, 2.24) is 15.0 Å². The molecule has 1 aromatic rings. The van der Waals surface area contributed by atoms with Gasteiger partial charge in [0.1, 0.15) is 0 Å². The van der Waals surface area contributed by atoms with Crippen LogP contribution in [-0.4, -0.2) is 28.7 Å². The summed E-state index contributed by atoms with van der Waals surface area (Å²) in [6.45, 7) is 3.46. The first kappa shape index (κ1) is 10.1. The van der Waals surface area contributed by atoms with Crippen LogP contribution in [0.3, 0.4) is 0 Å². The van der Waals surface area contributed by atoms with E-state index in [1.54, 1.807) is 11.8 Å². The molecule has 0 fully saturated rings. The molecule has 0 aliphatic heterocycles. The summed E-state index contributed by atoms with van der Waals surface area (Å²) in [5, 5.41) is 7.88. The Bertz CT molecular complexity index is 246. The molecule has 0 saturated heterocycles. The molecule has 0 radical (unpaired) electrons. The van der Waals surface area contributed by atoms with E-state index in [0.717, 1.165) is 25.3 Å². The first-order chi connectivity index (χ1) is 6.24. The van der Waals surface area contributed by atoms with Gasteiger partial charge in [0, 0.05) is 26.3 Å². The Morgan fingerprint density at radius 3 is 3.00 bits per heavy atom. The van der Waals surface area contributed by atoms with Crippen LogP contribution in [-0.2, 0) is 11.3 Å². The lowest BCUT2D eigenvalue weighted by Crippen LogP contribution is -2.05. The first-order valence-corrected chi connectivity index (χ1v) is 4.38. The molecule has 2 N–H and O–H groups in total. The highest BCUT2D eigenvalue weighted by Gasteiger charge is 2.04. The summed E-state index contributed by atoms with van der Waals surface area (Å²) in [5.74, 6) is 0. The summed E-state index contributed by atoms with van der Waals surface area (Å²) in [6.07, 6.45) is 2.82. The van der Waals surface area contributed by atoms with Crippen molar-refractivity contribution in [3.8, 4) is 0 Å². The Morgan fingerprint density at radius 1 is 1.69 bits per heavy atom. The number of rotatable bonds is 5. The smallest absolute Gasteiger partial charge is 0.0991 e. The fourth-order valence-corrected chi connectivity index (χ4v) is 1.00. The molecular formula is C8H16N4O. The van der Waals surface area contributed by atoms with Gasteiger partial charge in [0.25, 0.3) is 0 Å². The van der Waals surface area contributed by atoms with Gasteiger partial charge in [-0.1, -0.05) is 5.21 Å². The van der Waals surface area contributed by atoms with Crippen LogP contribution in [0.5, 0.6) is 0 Å². The van der Waals surface area contributed by atoms with Crippen molar-refractivity contribution in [3.05, 3.63) is 11.9 Å². The molecular weight excluding hydrogens is 168 g/mol. The molecule has 74 valence electrons. The molecule has 1 heterocycles. The number of hydrogen-bond acceptors (Lipinski definition) is 4. The van der Waals surface area contributed by atoms with Gasteiger partial charge in [-0.25, -0.2) is 0 Å². The molecule has 5 nitrogen and oxygen atoms in total. The van der Waals surface area contributed by atoms with Crippen molar-refractivity contribution in [2.45, 2.75) is 25.9 Å². The van der Waals surface area contributed by atoms with Gasteiger partial charge in [0.15, 0.2) is 0 Å². The van der Waals surface area contributed by atoms with Crippen molar-refractivity contribution < 1.29 is 4.74 Å². The van der Waals surface area contributed by atoms with Crippen molar-refractivity contribution in [2.24, 2.45) is 5.73 Å². The van der Waals surface area contributed by atoms with E-state index >= 15 is 0 Å². The molecule has 0 saturated carbocycles. The van der Waals surface area contributed by atoms with Crippen LogP contribution < -0.4 is 5.73 Å². The predicted molar refractivity (Wildman–Crippen MR) is 49.1 cm³/mol. The third kappa shape index (κ3) is 3.12. The average molecular weight is 184 g/mol. The third-order valence-electron chi connectivity index (χ3n) is 1.76. The van der Waals surface area contributed by atoms with E-state index < -0.39 is 0 Å². The van der Waals surface area contributed by atoms with Gasteiger partial charge in [-0.2, -0.15) is 0 Å². The minimum Gasteiger partial charge on any atom is -0.385 e. The molecule has 0 aromatic carbocycles. The molecule has 1 unspecified atom stereocenters. The van der Waals surface area contributed by atoms with Gasteiger partial charge in [0.05, 0.1) is 11.9 Å². The second kappa shape index (κ2) is 4.94. The maximum Gasteiger partial charge on any atom is 0.0991 e. The molecule has 1 atom stereocenters. The van der Waals surface area contributed by atoms with E-state index in [1.165, 1.54) is 0 Å². The molecule has 1 rings (SSSR count). The largest absolute Gasteiger partial charge is 0.385 e. The van der Waals surface area contributed by atoms with Crippen molar-refractivity contribution in [3.63, 3.8) is 0 Å². The van der Waals surface area contributed by atoms with Crippen LogP contribution >= 0.6 is 0 Å². The maximum absolute atomic E-state index is 5.64. The summed E-state index contributed by atoms with van der Waals surface area (Å²) in [6, 6.07) is -0.0452. The van der Waals surface area contributed by atoms with Gasteiger partial charge in [-0.05, 0) is 13.3 Å². The third-order valence-corrected chi connectivity index (χ3v) is 1.76. The Morgan fingerprint density at radius 2 is 2.46 bits per heavy atom. The van der Waals surface area contributed by atoms with Crippen LogP contribution in [0.15, 0.2) is 6.20 Å². The molecule has 13 heavy (non-hydrogen) atoms. The topological polar surface area (TPSA) is 66.0 Å². The van der Waals surface area contributed by atoms with Gasteiger partial charge >= 0.3 is 0 Å². The summed E-state index contributed by atoms with van der Waals surface area (Å²) in [5.41, 5.74) is 6.47. The second-order valence-electron chi connectivity index (χ2n) is 3.04. The zero-order valence-corrected chi connectivity index (χ0v) is 8.10. The van der Waals surface area contributed by atoms with E-state index in [0.29, 0.717) is 0 Å². The Kier molecular flexibility index (Phi) is 3.85. The van der Waals surface area contributed by atoms with Crippen molar-refractivity contribution >= 4 is 0 Å². The van der Waals surface area contributed by atoms with Crippen molar-refractivity contribution in [1.29, 1.82) is 0 Å². The fraction of sp³-hybridized carbons (Fsp3) is 0.750. The highest BCUT2D eigenvalue weighted by molar-refractivity contribution is 4.97. The summed E-state index contributed by atoms with van der Waals surface area (Å²) in [4.78, 5) is 0. The number of nitrogens with zero attached hydrogens (tertiary/aromatic N) is 3. The summed E-state index contributed by atoms with van der Waals surface area (Å²) >= 11 is 0. The molecule has 5 heteroatoms. The first-order valence-electron chi connectivity index (χ1n) is 4.38. The molecule has 1 aromatic heterocycles. The minimum atomic E-state index is -0.0452. The molecule has 0 aliphatic carbocycles. The number of methoxy groups -OCH3 is 1. The molecule has 0 aliphatic rings. The summed E-state index contributed by atoms with van der Waals surface area (Å²) in [7, 11) is 1.69. The standard InChI is InChI=1S/C8H16N4O/c1-7(9)8-6-12(11-10-8)4-3-5-13-2/h6-7H,3-5,9H2,1-2H3. The van der Waals surface area contributed by atoms with Crippen molar-refractivity contribution in [2.75, 3.05) is 13.7 Å². The van der Waals surface area contributed by atoms with Crippen LogP contribution in [0, 0.1) is 0 Å². The Labute approximate surface area is 77.9 Å². The minimum absolute atomic E-state index is 0.0452. The highest BCUT2D eigenvalue weighted by Crippen LogP contribution is 2.03. The SMILES string of the molecule is COCCCn1cc(C(C)N)nn1. The number of nitrogens with two attached hydrogens (primary N) is 1. The van der Waals surface area contributed by atoms with E-state index in [9.17, 15) is 0 Å². The lowest BCUT2D eigenvalue weighted by Gasteiger charge is -1.99. The van der Waals surface area contributed by atoms with Gasteiger partial charge in [-0.15, -0.1) is 5.10 Å². The zero-order chi connectivity index (χ0) is 9.68. The maximum atomic E-state index is 5.64. The summed E-state index contributed by atoms with van der Waals surface area (Å²) < 4.78 is 6.72. The molecule has 0 amide bonds. The van der Waals surface area contributed by atoms with Gasteiger partial charge in [0.2, 0.25) is 0 Å². The normalized spacial score (nSPS) is 13.2. The number of aromatic nitrogens is 3. The fourth-order valence-electron chi connectivity index (χ4n) is 1.00. The number of hydrogen-bond donors (Lipinski definition) is 1. The van der Waals surface area contributed by atoms with Crippen LogP contribution in [0.2, 0.25) is 0 Å². The van der Waals surface area contributed by atoms with Gasteiger partial charge in [-0.3, -0.25) is 4.68 Å². The van der Waals surface area contributed by atoms with Crippen LogP contribution in [0.25, 0.3) is 0 Å². The molecule has 0 bridgehead atoms. The lowest BCUT2D eigenvalue weighted by molar-refractivity contribution is 0.188. The van der Waals surface area contributed by atoms with E-state index in [4.69, 9.17) is 10.5 Å². The number of ether oxygens (including phenoxy) is 1. The zero-order valence-electron chi connectivity index (χ0n) is 8.10. The Hall–Kier alpha value is -0.940. The number of aryl methyl sites for hydroxylation is 1. The van der Waals surface area contributed by atoms with E-state index in [-0.39, 0.29) is 6.04 Å². The van der Waals surface area contributed by atoms with Gasteiger partial charge < -0.3 is 10.5 Å².